The molecule has 0 atom stereocenters. The van der Waals surface area contributed by atoms with Gasteiger partial charge in [-0.05, 0) is 43.2 Å². The number of nitrogens with zero attached hydrogens (tertiary/aromatic N) is 3. The van der Waals surface area contributed by atoms with Crippen molar-refractivity contribution in [3.63, 3.8) is 0 Å². The van der Waals surface area contributed by atoms with Crippen LogP contribution in [0.4, 0.5) is 5.69 Å². The molecule has 1 amide bonds. The van der Waals surface area contributed by atoms with E-state index in [-0.39, 0.29) is 5.69 Å². The number of aryl methyl sites for hydroxylation is 2. The van der Waals surface area contributed by atoms with Gasteiger partial charge in [0.1, 0.15) is 0 Å². The van der Waals surface area contributed by atoms with E-state index < -0.39 is 10.8 Å². The number of fused-ring (bicyclic) bond motifs is 1. The molecule has 6 nitrogen and oxygen atoms in total. The first-order valence-electron chi connectivity index (χ1n) is 7.95. The molecule has 132 valence electrons. The van der Waals surface area contributed by atoms with Crippen LogP contribution in [0.1, 0.15) is 21.5 Å². The Morgan fingerprint density at radius 2 is 2.00 bits per heavy atom. The highest BCUT2D eigenvalue weighted by atomic mass is 32.1. The Hall–Kier alpha value is -3.06. The van der Waals surface area contributed by atoms with Crippen molar-refractivity contribution in [2.45, 2.75) is 20.4 Å². The van der Waals surface area contributed by atoms with E-state index in [1.807, 2.05) is 18.4 Å². The molecule has 0 aliphatic carbocycles. The maximum atomic E-state index is 12.5. The molecule has 0 bridgehead atoms. The Kier molecular flexibility index (Phi) is 4.81. The second kappa shape index (κ2) is 7.05. The number of non-ortho nitro benzene ring substituents is 1. The average molecular weight is 367 g/mol. The summed E-state index contributed by atoms with van der Waals surface area (Å²) in [6, 6.07) is 9.61. The third kappa shape index (κ3) is 3.34. The predicted octanol–water partition coefficient (Wildman–Crippen LogP) is 4.15. The molecular weight excluding hydrogens is 350 g/mol. The summed E-state index contributed by atoms with van der Waals surface area (Å²) in [5.74, 6) is -0.432. The number of hydrogen-bond donors (Lipinski definition) is 0. The highest BCUT2D eigenvalue weighted by molar-refractivity contribution is 7.16. The van der Waals surface area contributed by atoms with Gasteiger partial charge in [0.2, 0.25) is 0 Å². The first-order chi connectivity index (χ1) is 12.4. The minimum atomic E-state index is -0.499. The van der Waals surface area contributed by atoms with Gasteiger partial charge in [0.15, 0.2) is 4.80 Å². The van der Waals surface area contributed by atoms with Gasteiger partial charge in [0.25, 0.3) is 11.6 Å². The van der Waals surface area contributed by atoms with Gasteiger partial charge in [-0.1, -0.05) is 23.5 Å². The molecule has 0 aliphatic heterocycles. The van der Waals surface area contributed by atoms with Gasteiger partial charge >= 0.3 is 0 Å². The molecule has 0 spiro atoms. The summed E-state index contributed by atoms with van der Waals surface area (Å²) in [5, 5.41) is 10.7. The monoisotopic (exact) mass is 367 g/mol. The summed E-state index contributed by atoms with van der Waals surface area (Å²) in [6.07, 6.45) is 1.76. The molecule has 0 N–H and O–H groups in total. The van der Waals surface area contributed by atoms with Crippen LogP contribution in [-0.4, -0.2) is 15.4 Å². The van der Waals surface area contributed by atoms with Crippen molar-refractivity contribution in [1.29, 1.82) is 0 Å². The molecule has 2 aromatic carbocycles. The van der Waals surface area contributed by atoms with Crippen LogP contribution >= 0.6 is 11.3 Å². The first kappa shape index (κ1) is 17.8. The third-order valence-corrected chi connectivity index (χ3v) is 5.18. The van der Waals surface area contributed by atoms with Crippen molar-refractivity contribution < 1.29 is 9.72 Å². The maximum Gasteiger partial charge on any atom is 0.279 e. The molecule has 3 aromatic rings. The Morgan fingerprint density at radius 1 is 1.31 bits per heavy atom. The summed E-state index contributed by atoms with van der Waals surface area (Å²) in [7, 11) is 0. The summed E-state index contributed by atoms with van der Waals surface area (Å²) in [6.45, 7) is 8.38. The SMILES string of the molecule is C=CCn1c(=NC(=O)c2ccc([N+](=O)[O-])cc2)sc2c(C)cc(C)cc21. The fourth-order valence-corrected chi connectivity index (χ4v) is 3.87. The highest BCUT2D eigenvalue weighted by Crippen LogP contribution is 2.23. The molecule has 3 rings (SSSR count). The lowest BCUT2D eigenvalue weighted by Crippen LogP contribution is -2.16. The second-order valence-electron chi connectivity index (χ2n) is 5.93. The van der Waals surface area contributed by atoms with Crippen LogP contribution in [0.25, 0.3) is 10.2 Å². The number of allylic oxidation sites excluding steroid dienone is 1. The lowest BCUT2D eigenvalue weighted by molar-refractivity contribution is -0.384. The Balaban J connectivity index is 2.12. The van der Waals surface area contributed by atoms with Gasteiger partial charge < -0.3 is 4.57 Å². The number of nitro benzene ring substituents is 1. The molecule has 1 heterocycles. The maximum absolute atomic E-state index is 12.5. The molecule has 0 saturated heterocycles. The summed E-state index contributed by atoms with van der Waals surface area (Å²) in [4.78, 5) is 27.6. The van der Waals surface area contributed by atoms with E-state index in [0.717, 1.165) is 21.3 Å². The average Bonchev–Trinajstić information content (AvgIpc) is 2.93. The normalized spacial score (nSPS) is 11.7. The van der Waals surface area contributed by atoms with Gasteiger partial charge in [-0.3, -0.25) is 14.9 Å². The van der Waals surface area contributed by atoms with Gasteiger partial charge in [-0.2, -0.15) is 4.99 Å². The Bertz CT molecular complexity index is 1090. The zero-order valence-electron chi connectivity index (χ0n) is 14.4. The van der Waals surface area contributed by atoms with E-state index in [4.69, 9.17) is 0 Å². The molecule has 0 unspecified atom stereocenters. The molecule has 7 heteroatoms. The van der Waals surface area contributed by atoms with Gasteiger partial charge in [-0.15, -0.1) is 6.58 Å². The number of carbonyl (C=O) groups excluding carboxylic acids is 1. The number of benzene rings is 2. The summed E-state index contributed by atoms with van der Waals surface area (Å²) >= 11 is 1.45. The van der Waals surface area contributed by atoms with Crippen LogP contribution < -0.4 is 4.80 Å². The molecule has 0 saturated carbocycles. The topological polar surface area (TPSA) is 77.5 Å². The van der Waals surface area contributed by atoms with Gasteiger partial charge in [0, 0.05) is 24.2 Å². The minimum absolute atomic E-state index is 0.0590. The summed E-state index contributed by atoms with van der Waals surface area (Å²) in [5.41, 5.74) is 3.54. The highest BCUT2D eigenvalue weighted by Gasteiger charge is 2.12. The smallest absolute Gasteiger partial charge is 0.279 e. The molecule has 0 fully saturated rings. The van der Waals surface area contributed by atoms with E-state index >= 15 is 0 Å². The van der Waals surface area contributed by atoms with Gasteiger partial charge in [-0.25, -0.2) is 0 Å². The standard InChI is InChI=1S/C19H17N3O3S/c1-4-9-21-16-11-12(2)10-13(3)17(16)26-19(21)20-18(23)14-5-7-15(8-6-14)22(24)25/h4-8,10-11H,1,9H2,2-3H3. The van der Waals surface area contributed by atoms with Crippen LogP contribution in [0, 0.1) is 24.0 Å². The van der Waals surface area contributed by atoms with Crippen LogP contribution in [0.3, 0.4) is 0 Å². The number of carbonyl (C=O) groups is 1. The number of thiazole rings is 1. The van der Waals surface area contributed by atoms with E-state index in [1.165, 1.54) is 35.6 Å². The fraction of sp³-hybridized carbons (Fsp3) is 0.158. The van der Waals surface area contributed by atoms with Crippen molar-refractivity contribution >= 4 is 33.1 Å². The second-order valence-corrected chi connectivity index (χ2v) is 6.91. The molecule has 0 aliphatic rings. The largest absolute Gasteiger partial charge is 0.312 e. The number of amides is 1. The zero-order chi connectivity index (χ0) is 18.8. The van der Waals surface area contributed by atoms with E-state index in [1.54, 1.807) is 6.08 Å². The number of hydrogen-bond acceptors (Lipinski definition) is 4. The quantitative estimate of drug-likeness (QED) is 0.395. The third-order valence-electron chi connectivity index (χ3n) is 3.95. The number of rotatable bonds is 4. The van der Waals surface area contributed by atoms with Crippen LogP contribution in [0.2, 0.25) is 0 Å². The summed E-state index contributed by atoms with van der Waals surface area (Å²) < 4.78 is 3.03. The van der Waals surface area contributed by atoms with Crippen molar-refractivity contribution in [3.8, 4) is 0 Å². The lowest BCUT2D eigenvalue weighted by Gasteiger charge is -2.03. The lowest BCUT2D eigenvalue weighted by atomic mass is 10.1. The molecular formula is C19H17N3O3S. The zero-order valence-corrected chi connectivity index (χ0v) is 15.2. The van der Waals surface area contributed by atoms with Crippen molar-refractivity contribution in [3.05, 3.63) is 80.7 Å². The Morgan fingerprint density at radius 3 is 2.62 bits per heavy atom. The molecule has 1 aromatic heterocycles. The van der Waals surface area contributed by atoms with E-state index in [9.17, 15) is 14.9 Å². The number of aromatic nitrogens is 1. The van der Waals surface area contributed by atoms with Crippen molar-refractivity contribution in [2.75, 3.05) is 0 Å². The molecule has 26 heavy (non-hydrogen) atoms. The minimum Gasteiger partial charge on any atom is -0.312 e. The fourth-order valence-electron chi connectivity index (χ4n) is 2.78. The van der Waals surface area contributed by atoms with E-state index in [0.29, 0.717) is 16.9 Å². The van der Waals surface area contributed by atoms with Crippen LogP contribution in [0.15, 0.2) is 54.0 Å². The molecule has 0 radical (unpaired) electrons. The number of nitro groups is 1. The van der Waals surface area contributed by atoms with Gasteiger partial charge in [0.05, 0.1) is 15.1 Å². The Labute approximate surface area is 153 Å². The van der Waals surface area contributed by atoms with Crippen LogP contribution in [0.5, 0.6) is 0 Å². The predicted molar refractivity (Wildman–Crippen MR) is 102 cm³/mol. The van der Waals surface area contributed by atoms with Crippen molar-refractivity contribution in [1.82, 2.24) is 4.57 Å². The van der Waals surface area contributed by atoms with Crippen molar-refractivity contribution in [2.24, 2.45) is 4.99 Å². The van der Waals surface area contributed by atoms with Crippen LogP contribution in [-0.2, 0) is 6.54 Å². The first-order valence-corrected chi connectivity index (χ1v) is 8.77. The van der Waals surface area contributed by atoms with E-state index in [2.05, 4.69) is 23.7 Å².